The molecule has 0 unspecified atom stereocenters. The lowest BCUT2D eigenvalue weighted by atomic mass is 9.90. The first kappa shape index (κ1) is 28.0. The molecule has 3 amide bonds. The van der Waals surface area contributed by atoms with Gasteiger partial charge in [0.1, 0.15) is 23.1 Å². The number of rotatable bonds is 12. The van der Waals surface area contributed by atoms with Gasteiger partial charge in [0.25, 0.3) is 0 Å². The Morgan fingerprint density at radius 1 is 1.00 bits per heavy atom. The van der Waals surface area contributed by atoms with Crippen LogP contribution < -0.4 is 16.4 Å². The van der Waals surface area contributed by atoms with Crippen LogP contribution >= 0.6 is 0 Å². The first-order chi connectivity index (χ1) is 17.7. The van der Waals surface area contributed by atoms with Crippen molar-refractivity contribution in [3.8, 4) is 11.5 Å². The number of amides is 3. The number of phenolic OH excluding ortho intramolecular Hbond substituents is 2. The largest absolute Gasteiger partial charge is 0.508 e. The Hall–Kier alpha value is -3.59. The molecule has 1 fully saturated rings. The van der Waals surface area contributed by atoms with Crippen molar-refractivity contribution < 1.29 is 24.6 Å². The lowest BCUT2D eigenvalue weighted by molar-refractivity contribution is -0.141. The molecule has 200 valence electrons. The van der Waals surface area contributed by atoms with Gasteiger partial charge in [-0.3, -0.25) is 14.4 Å². The summed E-state index contributed by atoms with van der Waals surface area (Å²) in [5, 5.41) is 24.8. The fourth-order valence-electron chi connectivity index (χ4n) is 4.65. The van der Waals surface area contributed by atoms with Crippen molar-refractivity contribution in [2.24, 2.45) is 5.73 Å². The zero-order valence-electron chi connectivity index (χ0n) is 21.4. The van der Waals surface area contributed by atoms with Crippen molar-refractivity contribution in [2.45, 2.75) is 63.5 Å². The van der Waals surface area contributed by atoms with Gasteiger partial charge in [-0.2, -0.15) is 0 Å². The number of nitrogens with two attached hydrogens (primary N) is 1. The summed E-state index contributed by atoms with van der Waals surface area (Å²) in [5.41, 5.74) is 6.11. The number of phenols is 2. The molecular formula is C28H38N4O5. The van der Waals surface area contributed by atoms with E-state index in [1.165, 1.54) is 0 Å². The average molecular weight is 511 g/mol. The molecule has 0 radical (unpaired) electrons. The minimum absolute atomic E-state index is 0.0796. The lowest BCUT2D eigenvalue weighted by Crippen LogP contribution is -2.61. The minimum Gasteiger partial charge on any atom is -0.508 e. The first-order valence-electron chi connectivity index (χ1n) is 12.9. The van der Waals surface area contributed by atoms with E-state index >= 15 is 0 Å². The van der Waals surface area contributed by atoms with Crippen molar-refractivity contribution in [2.75, 3.05) is 19.6 Å². The SMILES string of the molecule is C[C@@](Cc1ccc(O)cc1)(NC(=O)[C@@H]1CCCN1C(=O)CCCc1ccc(O)cc1)C(=O)NCCCN. The highest BCUT2D eigenvalue weighted by atomic mass is 16.3. The molecule has 0 aromatic heterocycles. The summed E-state index contributed by atoms with van der Waals surface area (Å²) >= 11 is 0. The topological polar surface area (TPSA) is 145 Å². The van der Waals surface area contributed by atoms with Gasteiger partial charge in [0.05, 0.1) is 0 Å². The Balaban J connectivity index is 1.65. The number of hydrogen-bond acceptors (Lipinski definition) is 6. The third-order valence-electron chi connectivity index (χ3n) is 6.73. The maximum absolute atomic E-state index is 13.4. The summed E-state index contributed by atoms with van der Waals surface area (Å²) in [4.78, 5) is 41.2. The number of aryl methyl sites for hydroxylation is 1. The fourth-order valence-corrected chi connectivity index (χ4v) is 4.65. The maximum Gasteiger partial charge on any atom is 0.245 e. The highest BCUT2D eigenvalue weighted by Crippen LogP contribution is 2.23. The number of nitrogens with zero attached hydrogens (tertiary/aromatic N) is 1. The second-order valence-electron chi connectivity index (χ2n) is 9.83. The van der Waals surface area contributed by atoms with Crippen molar-refractivity contribution in [1.82, 2.24) is 15.5 Å². The molecule has 3 rings (SSSR count). The van der Waals surface area contributed by atoms with E-state index in [2.05, 4.69) is 10.6 Å². The summed E-state index contributed by atoms with van der Waals surface area (Å²) < 4.78 is 0. The average Bonchev–Trinajstić information content (AvgIpc) is 3.37. The van der Waals surface area contributed by atoms with Crippen LogP contribution in [-0.4, -0.2) is 64.0 Å². The Bertz CT molecular complexity index is 1060. The third kappa shape index (κ3) is 7.95. The van der Waals surface area contributed by atoms with E-state index in [0.29, 0.717) is 51.7 Å². The van der Waals surface area contributed by atoms with E-state index in [4.69, 9.17) is 5.73 Å². The minimum atomic E-state index is -1.25. The molecule has 9 nitrogen and oxygen atoms in total. The molecule has 0 saturated carbocycles. The molecule has 1 aliphatic rings. The van der Waals surface area contributed by atoms with Gasteiger partial charge < -0.3 is 31.5 Å². The Labute approximate surface area is 218 Å². The summed E-state index contributed by atoms with van der Waals surface area (Å²) in [6, 6.07) is 12.8. The molecular weight excluding hydrogens is 472 g/mol. The van der Waals surface area contributed by atoms with Crippen molar-refractivity contribution in [3.05, 3.63) is 59.7 Å². The van der Waals surface area contributed by atoms with E-state index in [0.717, 1.165) is 17.5 Å². The molecule has 2 aromatic carbocycles. The predicted molar refractivity (Wildman–Crippen MR) is 141 cm³/mol. The number of carbonyl (C=O) groups is 3. The Kier molecular flexibility index (Phi) is 9.91. The van der Waals surface area contributed by atoms with Crippen LogP contribution in [0.1, 0.15) is 50.2 Å². The smallest absolute Gasteiger partial charge is 0.245 e. The molecule has 0 bridgehead atoms. The Morgan fingerprint density at radius 2 is 1.62 bits per heavy atom. The van der Waals surface area contributed by atoms with Crippen LogP contribution in [0, 0.1) is 0 Å². The predicted octanol–water partition coefficient (Wildman–Crippen LogP) is 1.99. The summed E-state index contributed by atoms with van der Waals surface area (Å²) in [6.07, 6.45) is 3.75. The summed E-state index contributed by atoms with van der Waals surface area (Å²) in [6.45, 7) is 3.01. The molecule has 1 heterocycles. The summed E-state index contributed by atoms with van der Waals surface area (Å²) in [7, 11) is 0. The normalized spacial score (nSPS) is 16.7. The lowest BCUT2D eigenvalue weighted by Gasteiger charge is -2.33. The molecule has 1 saturated heterocycles. The van der Waals surface area contributed by atoms with Gasteiger partial charge >= 0.3 is 0 Å². The van der Waals surface area contributed by atoms with Gasteiger partial charge in [-0.05, 0) is 81.0 Å². The van der Waals surface area contributed by atoms with Crippen LogP contribution in [0.5, 0.6) is 11.5 Å². The van der Waals surface area contributed by atoms with Crippen LogP contribution in [0.25, 0.3) is 0 Å². The molecule has 2 aromatic rings. The molecule has 37 heavy (non-hydrogen) atoms. The number of nitrogens with one attached hydrogen (secondary N) is 2. The fraction of sp³-hybridized carbons (Fsp3) is 0.464. The molecule has 1 aliphatic heterocycles. The summed E-state index contributed by atoms with van der Waals surface area (Å²) in [5.74, 6) is -0.431. The highest BCUT2D eigenvalue weighted by Gasteiger charge is 2.40. The maximum atomic E-state index is 13.4. The van der Waals surface area contributed by atoms with Crippen molar-refractivity contribution in [3.63, 3.8) is 0 Å². The van der Waals surface area contributed by atoms with Crippen molar-refractivity contribution in [1.29, 1.82) is 0 Å². The number of hydrogen-bond donors (Lipinski definition) is 5. The van der Waals surface area contributed by atoms with Crippen LogP contribution in [0.4, 0.5) is 0 Å². The van der Waals surface area contributed by atoms with Gasteiger partial charge in [0, 0.05) is 25.9 Å². The van der Waals surface area contributed by atoms with Gasteiger partial charge in [0.2, 0.25) is 17.7 Å². The molecule has 0 spiro atoms. The zero-order chi connectivity index (χ0) is 26.8. The van der Waals surface area contributed by atoms with E-state index in [1.807, 2.05) is 12.1 Å². The van der Waals surface area contributed by atoms with Crippen molar-refractivity contribution >= 4 is 17.7 Å². The van der Waals surface area contributed by atoms with E-state index in [9.17, 15) is 24.6 Å². The van der Waals surface area contributed by atoms with E-state index in [1.54, 1.807) is 48.2 Å². The number of carbonyl (C=O) groups excluding carboxylic acids is 3. The molecule has 0 aliphatic carbocycles. The van der Waals surface area contributed by atoms with Crippen LogP contribution in [0.2, 0.25) is 0 Å². The molecule has 9 heteroatoms. The third-order valence-corrected chi connectivity index (χ3v) is 6.73. The van der Waals surface area contributed by atoms with Gasteiger partial charge in [-0.1, -0.05) is 24.3 Å². The van der Waals surface area contributed by atoms with Gasteiger partial charge in [-0.25, -0.2) is 0 Å². The number of likely N-dealkylation sites (tertiary alicyclic amines) is 1. The standard InChI is InChI=1S/C28H38N4O5/c1-28(27(37)30-17-4-16-29,19-21-10-14-23(34)15-11-21)31-26(36)24-6-3-18-32(24)25(35)7-2-5-20-8-12-22(33)13-9-20/h8-15,24,33-34H,2-7,16-19,29H2,1H3,(H,30,37)(H,31,36)/t24-,28-/m0/s1. The molecule has 6 N–H and O–H groups in total. The number of aromatic hydroxyl groups is 2. The monoisotopic (exact) mass is 510 g/mol. The van der Waals surface area contributed by atoms with E-state index in [-0.39, 0.29) is 35.6 Å². The zero-order valence-corrected chi connectivity index (χ0v) is 21.4. The van der Waals surface area contributed by atoms with E-state index < -0.39 is 11.6 Å². The van der Waals surface area contributed by atoms with Crippen LogP contribution in [0.15, 0.2) is 48.5 Å². The Morgan fingerprint density at radius 3 is 2.24 bits per heavy atom. The van der Waals surface area contributed by atoms with Crippen LogP contribution in [0.3, 0.4) is 0 Å². The molecule has 2 atom stereocenters. The second-order valence-corrected chi connectivity index (χ2v) is 9.83. The van der Waals surface area contributed by atoms with Crippen LogP contribution in [-0.2, 0) is 27.2 Å². The van der Waals surface area contributed by atoms with Gasteiger partial charge in [-0.15, -0.1) is 0 Å². The second kappa shape index (κ2) is 13.1. The first-order valence-corrected chi connectivity index (χ1v) is 12.9. The highest BCUT2D eigenvalue weighted by molar-refractivity contribution is 5.94. The number of benzene rings is 2. The van der Waals surface area contributed by atoms with Gasteiger partial charge in [0.15, 0.2) is 0 Å². The quantitative estimate of drug-likeness (QED) is 0.276.